The number of aromatic hydroxyl groups is 2. The normalized spacial score (nSPS) is 35.5. The third kappa shape index (κ3) is 1.26. The molecular formula is C17H19NO3. The lowest BCUT2D eigenvalue weighted by atomic mass is 9.54. The van der Waals surface area contributed by atoms with Crippen LogP contribution in [0.1, 0.15) is 30.4 Å². The van der Waals surface area contributed by atoms with Crippen molar-refractivity contribution in [2.75, 3.05) is 13.6 Å². The quantitative estimate of drug-likeness (QED) is 0.444. The second kappa shape index (κ2) is 3.55. The summed E-state index contributed by atoms with van der Waals surface area (Å²) in [5, 5.41) is 20.7. The fourth-order valence-electron chi connectivity index (χ4n) is 5.10. The van der Waals surface area contributed by atoms with Crippen molar-refractivity contribution < 1.29 is 14.9 Å². The smallest absolute Gasteiger partial charge is 0.215 e. The van der Waals surface area contributed by atoms with Gasteiger partial charge in [-0.3, -0.25) is 0 Å². The zero-order valence-electron chi connectivity index (χ0n) is 12.1. The number of hydrogen-bond donors (Lipinski definition) is 2. The lowest BCUT2D eigenvalue weighted by molar-refractivity contribution is 0.0439. The molecule has 4 heteroatoms. The molecule has 0 amide bonds. The van der Waals surface area contributed by atoms with Crippen LogP contribution in [0.25, 0.3) is 0 Å². The monoisotopic (exact) mass is 285 g/mol. The summed E-state index contributed by atoms with van der Waals surface area (Å²) in [5.41, 5.74) is 1.95. The molecule has 2 N–H and O–H groups in total. The van der Waals surface area contributed by atoms with E-state index in [1.165, 1.54) is 0 Å². The van der Waals surface area contributed by atoms with Gasteiger partial charge in [0.15, 0.2) is 11.5 Å². The van der Waals surface area contributed by atoms with Gasteiger partial charge in [-0.2, -0.15) is 0 Å². The second-order valence-corrected chi connectivity index (χ2v) is 6.94. The summed E-state index contributed by atoms with van der Waals surface area (Å²) in [4.78, 5) is 2.46. The van der Waals surface area contributed by atoms with E-state index in [0.29, 0.717) is 17.7 Å². The SMILES string of the molecule is CN1CC[C@]23C=CCC[C@H]2[C@H]1Cc1c2c(c(O)c(O)c13)O2. The van der Waals surface area contributed by atoms with Crippen LogP contribution in [-0.2, 0) is 11.8 Å². The number of hydrogen-bond acceptors (Lipinski definition) is 4. The molecule has 21 heavy (non-hydrogen) atoms. The highest BCUT2D eigenvalue weighted by Gasteiger charge is 2.56. The highest BCUT2D eigenvalue weighted by molar-refractivity contribution is 5.77. The molecule has 0 unspecified atom stereocenters. The maximum absolute atomic E-state index is 10.6. The van der Waals surface area contributed by atoms with Crippen LogP contribution < -0.4 is 4.74 Å². The fourth-order valence-corrected chi connectivity index (χ4v) is 5.10. The molecule has 1 aromatic carbocycles. The molecule has 2 aliphatic heterocycles. The van der Waals surface area contributed by atoms with E-state index >= 15 is 0 Å². The minimum Gasteiger partial charge on any atom is -0.504 e. The molecule has 2 heterocycles. The number of likely N-dealkylation sites (tertiary alicyclic amines) is 1. The molecule has 5 rings (SSSR count). The number of phenols is 2. The Balaban J connectivity index is 1.83. The number of phenolic OH excluding ortho intramolecular Hbond substituents is 2. The Kier molecular flexibility index (Phi) is 2.02. The van der Waals surface area contributed by atoms with Gasteiger partial charge in [0.05, 0.1) is 0 Å². The first-order valence-corrected chi connectivity index (χ1v) is 7.80. The zero-order valence-corrected chi connectivity index (χ0v) is 12.1. The van der Waals surface area contributed by atoms with Crippen LogP contribution in [0.15, 0.2) is 12.2 Å². The molecule has 2 aliphatic carbocycles. The minimum absolute atomic E-state index is 0.0563. The molecule has 2 bridgehead atoms. The molecule has 0 radical (unpaired) electrons. The molecule has 110 valence electrons. The largest absolute Gasteiger partial charge is 0.504 e. The molecular weight excluding hydrogens is 266 g/mol. The first-order chi connectivity index (χ1) is 10.1. The van der Waals surface area contributed by atoms with Crippen LogP contribution in [-0.4, -0.2) is 34.7 Å². The van der Waals surface area contributed by atoms with Crippen molar-refractivity contribution in [1.29, 1.82) is 0 Å². The minimum atomic E-state index is -0.119. The van der Waals surface area contributed by atoms with E-state index in [9.17, 15) is 10.2 Å². The van der Waals surface area contributed by atoms with E-state index in [4.69, 9.17) is 4.74 Å². The lowest BCUT2D eigenvalue weighted by Crippen LogP contribution is -2.58. The van der Waals surface area contributed by atoms with Crippen molar-refractivity contribution in [2.45, 2.75) is 37.1 Å². The van der Waals surface area contributed by atoms with Gasteiger partial charge in [0.25, 0.3) is 0 Å². The highest BCUT2D eigenvalue weighted by Crippen LogP contribution is 2.66. The second-order valence-electron chi connectivity index (χ2n) is 6.94. The van der Waals surface area contributed by atoms with Crippen molar-refractivity contribution in [1.82, 2.24) is 4.90 Å². The van der Waals surface area contributed by atoms with Gasteiger partial charge in [0.1, 0.15) is 0 Å². The summed E-state index contributed by atoms with van der Waals surface area (Å²) in [6.45, 7) is 1.03. The molecule has 1 saturated heterocycles. The summed E-state index contributed by atoms with van der Waals surface area (Å²) < 4.78 is 5.47. The summed E-state index contributed by atoms with van der Waals surface area (Å²) in [7, 11) is 2.21. The van der Waals surface area contributed by atoms with Crippen LogP contribution in [0, 0.1) is 5.92 Å². The van der Waals surface area contributed by atoms with E-state index in [2.05, 4.69) is 24.1 Å². The Hall–Kier alpha value is -1.68. The van der Waals surface area contributed by atoms with Crippen molar-refractivity contribution in [2.24, 2.45) is 5.92 Å². The Morgan fingerprint density at radius 3 is 3.00 bits per heavy atom. The van der Waals surface area contributed by atoms with Gasteiger partial charge >= 0.3 is 0 Å². The van der Waals surface area contributed by atoms with Crippen molar-refractivity contribution >= 4 is 0 Å². The molecule has 0 spiro atoms. The van der Waals surface area contributed by atoms with Gasteiger partial charge in [-0.05, 0) is 45.2 Å². The fraction of sp³-hybridized carbons (Fsp3) is 0.529. The number of fused-ring (bicyclic) bond motifs is 3. The number of benzene rings is 1. The molecule has 1 fully saturated rings. The van der Waals surface area contributed by atoms with Crippen LogP contribution >= 0.6 is 0 Å². The third-order valence-corrected chi connectivity index (χ3v) is 6.13. The van der Waals surface area contributed by atoms with Gasteiger partial charge in [-0.15, -0.1) is 0 Å². The average molecular weight is 285 g/mol. The van der Waals surface area contributed by atoms with Crippen LogP contribution in [0.3, 0.4) is 0 Å². The number of rotatable bonds is 0. The van der Waals surface area contributed by atoms with E-state index in [1.54, 1.807) is 0 Å². The van der Waals surface area contributed by atoms with Crippen molar-refractivity contribution in [3.63, 3.8) is 0 Å². The number of likely N-dealkylation sites (N-methyl/N-ethyl adjacent to an activating group) is 1. The molecule has 3 atom stereocenters. The average Bonchev–Trinajstić information content (AvgIpc) is 3.28. The van der Waals surface area contributed by atoms with E-state index in [1.807, 2.05) is 0 Å². The van der Waals surface area contributed by atoms with Crippen LogP contribution in [0.4, 0.5) is 0 Å². The van der Waals surface area contributed by atoms with Crippen molar-refractivity contribution in [3.05, 3.63) is 23.3 Å². The van der Waals surface area contributed by atoms with E-state index < -0.39 is 0 Å². The third-order valence-electron chi connectivity index (χ3n) is 6.13. The number of piperidine rings is 1. The van der Waals surface area contributed by atoms with Gasteiger partial charge in [-0.25, -0.2) is 0 Å². The van der Waals surface area contributed by atoms with Gasteiger partial charge in [0, 0.05) is 22.6 Å². The van der Waals surface area contributed by atoms with Crippen molar-refractivity contribution in [3.8, 4) is 23.0 Å². The molecule has 0 saturated carbocycles. The Morgan fingerprint density at radius 2 is 2.14 bits per heavy atom. The van der Waals surface area contributed by atoms with Crippen LogP contribution in [0.5, 0.6) is 23.0 Å². The maximum atomic E-state index is 10.6. The van der Waals surface area contributed by atoms with Crippen LogP contribution in [0.2, 0.25) is 0 Å². The number of allylic oxidation sites excluding steroid dienone is 2. The lowest BCUT2D eigenvalue weighted by Gasteiger charge is -2.56. The summed E-state index contributed by atoms with van der Waals surface area (Å²) in [5.74, 6) is 1.82. The predicted octanol–water partition coefficient (Wildman–Crippen LogP) is 2.67. The zero-order chi connectivity index (χ0) is 14.4. The molecule has 4 aliphatic rings. The standard InChI is InChI=1S/C17H19NO3/c1-18-7-6-17-5-3-2-4-10(17)11(18)8-9-12(17)13(19)14(20)16-15(9)21-16/h3,5,10-11,19-20H,2,4,6-8H2,1H3/t10-,11+,17+/m0/s1. The molecule has 4 nitrogen and oxygen atoms in total. The van der Waals surface area contributed by atoms with Gasteiger partial charge in [-0.1, -0.05) is 12.2 Å². The number of ether oxygens (including phenoxy) is 1. The number of nitrogens with zero attached hydrogens (tertiary/aromatic N) is 1. The van der Waals surface area contributed by atoms with E-state index in [-0.39, 0.29) is 16.9 Å². The molecule has 0 aromatic heterocycles. The molecule has 1 aromatic rings. The maximum Gasteiger partial charge on any atom is 0.215 e. The Bertz CT molecular complexity index is 696. The summed E-state index contributed by atoms with van der Waals surface area (Å²) >= 11 is 0. The van der Waals surface area contributed by atoms with Gasteiger partial charge < -0.3 is 19.8 Å². The van der Waals surface area contributed by atoms with E-state index in [0.717, 1.165) is 49.1 Å². The first kappa shape index (κ1) is 11.9. The predicted molar refractivity (Wildman–Crippen MR) is 78.1 cm³/mol. The summed E-state index contributed by atoms with van der Waals surface area (Å²) in [6, 6.07) is 0.508. The first-order valence-electron chi connectivity index (χ1n) is 7.80. The topological polar surface area (TPSA) is 56.2 Å². The van der Waals surface area contributed by atoms with Gasteiger partial charge in [0.2, 0.25) is 11.5 Å². The summed E-state index contributed by atoms with van der Waals surface area (Å²) in [6.07, 6.45) is 8.73. The Labute approximate surface area is 123 Å². The highest BCUT2D eigenvalue weighted by atomic mass is 16.6. The Morgan fingerprint density at radius 1 is 1.29 bits per heavy atom.